The monoisotopic (exact) mass is 759 g/mol. The molecule has 3 aliphatic rings. The Balaban J connectivity index is 0.921. The molecule has 5 aromatic carbocycles. The van der Waals surface area contributed by atoms with Crippen LogP contribution in [0.3, 0.4) is 0 Å². The van der Waals surface area contributed by atoms with Gasteiger partial charge in [0, 0.05) is 17.2 Å². The summed E-state index contributed by atoms with van der Waals surface area (Å²) in [6, 6.07) is 42.4. The summed E-state index contributed by atoms with van der Waals surface area (Å²) in [5, 5.41) is 11.4. The lowest BCUT2D eigenvalue weighted by Gasteiger charge is -2.16. The van der Waals surface area contributed by atoms with E-state index in [4.69, 9.17) is 19.7 Å². The molecule has 0 aliphatic heterocycles. The van der Waals surface area contributed by atoms with Gasteiger partial charge >= 0.3 is 0 Å². The van der Waals surface area contributed by atoms with Gasteiger partial charge in [0.2, 0.25) is 0 Å². The SMILES string of the molecule is C=CC1CCC(/C=C\C2CC(/C=C\COc3ccc(-c4nc(-c5ccc(-c6ccccc6)cc5)nc(-c5ccc(-c6ccccc6)cc5)n4)c(O)c3)C3C=CCC23)C1. The summed E-state index contributed by atoms with van der Waals surface area (Å²) in [6.07, 6.45) is 22.7. The lowest BCUT2D eigenvalue weighted by molar-refractivity contribution is 0.357. The molecule has 58 heavy (non-hydrogen) atoms. The molecule has 0 spiro atoms. The highest BCUT2D eigenvalue weighted by molar-refractivity contribution is 5.73. The molecule has 9 rings (SSSR count). The van der Waals surface area contributed by atoms with Gasteiger partial charge in [0.1, 0.15) is 18.1 Å². The van der Waals surface area contributed by atoms with E-state index < -0.39 is 0 Å². The lowest BCUT2D eigenvalue weighted by atomic mass is 9.89. The lowest BCUT2D eigenvalue weighted by Crippen LogP contribution is -2.09. The van der Waals surface area contributed by atoms with Gasteiger partial charge in [0.15, 0.2) is 17.5 Å². The topological polar surface area (TPSA) is 68.1 Å². The third-order valence-electron chi connectivity index (χ3n) is 12.4. The first-order valence-corrected chi connectivity index (χ1v) is 20.8. The molecule has 3 aliphatic carbocycles. The van der Waals surface area contributed by atoms with Crippen LogP contribution in [0.4, 0.5) is 0 Å². The number of phenolic OH excluding ortho intramolecular Hbond substituents is 1. The van der Waals surface area contributed by atoms with Crippen LogP contribution in [0, 0.1) is 35.5 Å². The number of phenols is 1. The number of nitrogens with zero attached hydrogens (tertiary/aromatic N) is 3. The van der Waals surface area contributed by atoms with Gasteiger partial charge in [0.05, 0.1) is 5.56 Å². The Morgan fingerprint density at radius 2 is 1.19 bits per heavy atom. The summed E-state index contributed by atoms with van der Waals surface area (Å²) in [4.78, 5) is 14.8. The first-order chi connectivity index (χ1) is 28.6. The van der Waals surface area contributed by atoms with Crippen LogP contribution in [-0.4, -0.2) is 26.7 Å². The fourth-order valence-electron chi connectivity index (χ4n) is 9.23. The van der Waals surface area contributed by atoms with Crippen molar-refractivity contribution in [2.75, 3.05) is 6.61 Å². The molecule has 0 radical (unpaired) electrons. The number of ether oxygens (including phenoxy) is 1. The third-order valence-corrected chi connectivity index (χ3v) is 12.4. The van der Waals surface area contributed by atoms with E-state index in [-0.39, 0.29) is 5.75 Å². The van der Waals surface area contributed by atoms with E-state index in [0.29, 0.717) is 70.9 Å². The number of aromatic hydroxyl groups is 1. The normalized spacial score (nSPS) is 22.5. The maximum absolute atomic E-state index is 11.4. The molecule has 1 heterocycles. The summed E-state index contributed by atoms with van der Waals surface area (Å²) in [5.74, 6) is 5.90. The quantitative estimate of drug-likeness (QED) is 0.126. The van der Waals surface area contributed by atoms with E-state index in [2.05, 4.69) is 97.6 Å². The Morgan fingerprint density at radius 3 is 1.79 bits per heavy atom. The van der Waals surface area contributed by atoms with Crippen LogP contribution in [0.25, 0.3) is 56.4 Å². The molecule has 1 N–H and O–H groups in total. The number of aromatic nitrogens is 3. The van der Waals surface area contributed by atoms with Crippen LogP contribution >= 0.6 is 0 Å². The number of hydrogen-bond donors (Lipinski definition) is 1. The first kappa shape index (κ1) is 37.3. The van der Waals surface area contributed by atoms with Gasteiger partial charge in [0.25, 0.3) is 0 Å². The molecule has 6 aromatic rings. The molecule has 0 saturated heterocycles. The van der Waals surface area contributed by atoms with Gasteiger partial charge in [-0.1, -0.05) is 152 Å². The zero-order valence-electron chi connectivity index (χ0n) is 32.8. The van der Waals surface area contributed by atoms with Crippen LogP contribution in [0.15, 0.2) is 177 Å². The summed E-state index contributed by atoms with van der Waals surface area (Å²) in [5.41, 5.74) is 6.73. The maximum Gasteiger partial charge on any atom is 0.167 e. The molecule has 288 valence electrons. The number of hydrogen-bond acceptors (Lipinski definition) is 5. The minimum Gasteiger partial charge on any atom is -0.507 e. The van der Waals surface area contributed by atoms with E-state index in [1.54, 1.807) is 6.07 Å². The molecule has 6 unspecified atom stereocenters. The smallest absolute Gasteiger partial charge is 0.167 e. The number of fused-ring (bicyclic) bond motifs is 1. The van der Waals surface area contributed by atoms with Crippen molar-refractivity contribution in [1.82, 2.24) is 15.0 Å². The molecule has 5 nitrogen and oxygen atoms in total. The second-order valence-electron chi connectivity index (χ2n) is 16.0. The van der Waals surface area contributed by atoms with Gasteiger partial charge in [-0.05, 0) is 102 Å². The largest absolute Gasteiger partial charge is 0.507 e. The van der Waals surface area contributed by atoms with Gasteiger partial charge < -0.3 is 9.84 Å². The fraction of sp³-hybridized carbons (Fsp3) is 0.226. The molecule has 0 bridgehead atoms. The third kappa shape index (κ3) is 8.22. The van der Waals surface area contributed by atoms with Crippen molar-refractivity contribution in [3.63, 3.8) is 0 Å². The standard InChI is InChI=1S/C53H49N3O2/c1-2-36-18-19-37(33-36)20-21-45-34-44(47-16-9-17-48(45)47)15-10-32-58-46-30-31-49(50(57)35-46)53-55-51(42-26-22-40(23-27-42)38-11-5-3-6-12-38)54-52(56-53)43-28-24-41(25-29-43)39-13-7-4-8-14-39/h2-16,20-31,35-37,44-45,47-48,57H,1,17-19,32-34H2/b15-10-,21-20-. The van der Waals surface area contributed by atoms with Gasteiger partial charge in [-0.15, -0.1) is 6.58 Å². The van der Waals surface area contributed by atoms with Crippen LogP contribution in [-0.2, 0) is 0 Å². The molecular formula is C53H49N3O2. The van der Waals surface area contributed by atoms with E-state index in [0.717, 1.165) is 33.4 Å². The Bertz CT molecular complexity index is 2340. The first-order valence-electron chi connectivity index (χ1n) is 20.8. The molecule has 1 aromatic heterocycles. The van der Waals surface area contributed by atoms with E-state index in [1.807, 2.05) is 72.8 Å². The van der Waals surface area contributed by atoms with Crippen LogP contribution in [0.5, 0.6) is 11.5 Å². The predicted molar refractivity (Wildman–Crippen MR) is 236 cm³/mol. The highest BCUT2D eigenvalue weighted by Crippen LogP contribution is 2.49. The summed E-state index contributed by atoms with van der Waals surface area (Å²) in [7, 11) is 0. The Morgan fingerprint density at radius 1 is 0.603 bits per heavy atom. The molecule has 2 saturated carbocycles. The van der Waals surface area contributed by atoms with Crippen LogP contribution in [0.2, 0.25) is 0 Å². The Labute approximate surface area is 342 Å². The molecule has 0 amide bonds. The van der Waals surface area contributed by atoms with Crippen molar-refractivity contribution < 1.29 is 9.84 Å². The van der Waals surface area contributed by atoms with Crippen molar-refractivity contribution >= 4 is 0 Å². The summed E-state index contributed by atoms with van der Waals surface area (Å²) >= 11 is 0. The zero-order valence-corrected chi connectivity index (χ0v) is 32.8. The zero-order chi connectivity index (χ0) is 39.3. The second kappa shape index (κ2) is 17.0. The fourth-order valence-corrected chi connectivity index (χ4v) is 9.23. The van der Waals surface area contributed by atoms with E-state index in [9.17, 15) is 5.11 Å². The second-order valence-corrected chi connectivity index (χ2v) is 16.0. The van der Waals surface area contributed by atoms with Crippen molar-refractivity contribution in [3.8, 4) is 67.9 Å². The minimum atomic E-state index is 0.0504. The molecule has 5 heteroatoms. The van der Waals surface area contributed by atoms with Crippen molar-refractivity contribution in [2.45, 2.75) is 32.1 Å². The predicted octanol–water partition coefficient (Wildman–Crippen LogP) is 12.8. The highest BCUT2D eigenvalue weighted by Gasteiger charge is 2.41. The number of benzene rings is 5. The summed E-state index contributed by atoms with van der Waals surface area (Å²) in [6.45, 7) is 4.45. The molecular weight excluding hydrogens is 711 g/mol. The van der Waals surface area contributed by atoms with E-state index >= 15 is 0 Å². The van der Waals surface area contributed by atoms with Crippen molar-refractivity contribution in [3.05, 3.63) is 177 Å². The highest BCUT2D eigenvalue weighted by atomic mass is 16.5. The van der Waals surface area contributed by atoms with Gasteiger partial charge in [-0.2, -0.15) is 0 Å². The van der Waals surface area contributed by atoms with Gasteiger partial charge in [-0.25, -0.2) is 15.0 Å². The average molecular weight is 760 g/mol. The summed E-state index contributed by atoms with van der Waals surface area (Å²) < 4.78 is 6.15. The Hall–Kier alpha value is -6.33. The van der Waals surface area contributed by atoms with E-state index in [1.165, 1.54) is 32.1 Å². The maximum atomic E-state index is 11.4. The van der Waals surface area contributed by atoms with Crippen molar-refractivity contribution in [1.29, 1.82) is 0 Å². The molecule has 6 atom stereocenters. The minimum absolute atomic E-state index is 0.0504. The van der Waals surface area contributed by atoms with Crippen LogP contribution < -0.4 is 4.74 Å². The number of rotatable bonds is 12. The number of allylic oxidation sites excluding steroid dienone is 6. The Kier molecular flexibility index (Phi) is 10.9. The average Bonchev–Trinajstić information content (AvgIpc) is 4.04. The molecule has 2 fully saturated rings. The van der Waals surface area contributed by atoms with Crippen molar-refractivity contribution in [2.24, 2.45) is 35.5 Å². The van der Waals surface area contributed by atoms with Gasteiger partial charge in [-0.3, -0.25) is 0 Å². The van der Waals surface area contributed by atoms with Crippen LogP contribution in [0.1, 0.15) is 32.1 Å².